The number of nitriles is 1. The van der Waals surface area contributed by atoms with Crippen molar-refractivity contribution < 1.29 is 17.6 Å². The number of nitrogens with zero attached hydrogens (tertiary/aromatic N) is 3. The van der Waals surface area contributed by atoms with Crippen molar-refractivity contribution in [3.63, 3.8) is 0 Å². The molecule has 0 bridgehead atoms. The number of carbonyl (C=O) groups is 1. The van der Waals surface area contributed by atoms with Gasteiger partial charge in [-0.05, 0) is 36.4 Å². The number of hydrogen-bond donors (Lipinski definition) is 1. The Morgan fingerprint density at radius 2 is 1.82 bits per heavy atom. The van der Waals surface area contributed by atoms with E-state index in [0.717, 1.165) is 18.4 Å². The molecule has 3 aromatic carbocycles. The maximum atomic E-state index is 14.8. The molecule has 0 saturated carbocycles. The second-order valence-electron chi connectivity index (χ2n) is 7.10. The van der Waals surface area contributed by atoms with Crippen LogP contribution in [0.4, 0.5) is 4.39 Å². The molecule has 4 rings (SSSR count). The predicted molar refractivity (Wildman–Crippen MR) is 124 cm³/mol. The second kappa shape index (κ2) is 8.48. The highest BCUT2D eigenvalue weighted by Crippen LogP contribution is 2.34. The smallest absolute Gasteiger partial charge is 0.267 e. The molecule has 7 nitrogen and oxygen atoms in total. The van der Waals surface area contributed by atoms with Crippen LogP contribution >= 0.6 is 23.2 Å². The molecule has 1 amide bonds. The Hall–Kier alpha value is -3.45. The number of nitrogens with one attached hydrogen (secondary N) is 1. The first-order valence-electron chi connectivity index (χ1n) is 9.28. The summed E-state index contributed by atoms with van der Waals surface area (Å²) in [5.74, 6) is -2.12. The molecule has 166 valence electrons. The highest BCUT2D eigenvalue weighted by Gasteiger charge is 2.21. The van der Waals surface area contributed by atoms with Crippen LogP contribution in [0.25, 0.3) is 27.8 Å². The number of rotatable bonds is 4. The van der Waals surface area contributed by atoms with Crippen LogP contribution in [0.2, 0.25) is 10.0 Å². The predicted octanol–water partition coefficient (Wildman–Crippen LogP) is 4.70. The number of aromatic nitrogens is 2. The number of carbonyl (C=O) groups excluding carboxylic acids is 1. The first kappa shape index (κ1) is 22.7. The van der Waals surface area contributed by atoms with Crippen LogP contribution in [0.3, 0.4) is 0 Å². The van der Waals surface area contributed by atoms with Crippen molar-refractivity contribution in [3.8, 4) is 23.0 Å². The zero-order chi connectivity index (χ0) is 23.9. The minimum atomic E-state index is -3.89. The van der Waals surface area contributed by atoms with Gasteiger partial charge in [-0.3, -0.25) is 4.79 Å². The van der Waals surface area contributed by atoms with E-state index in [1.54, 1.807) is 47.2 Å². The molecular formula is C22H13Cl2FN4O3S. The summed E-state index contributed by atoms with van der Waals surface area (Å²) >= 11 is 12.5. The van der Waals surface area contributed by atoms with E-state index in [0.29, 0.717) is 32.7 Å². The van der Waals surface area contributed by atoms with Crippen molar-refractivity contribution in [3.05, 3.63) is 81.6 Å². The minimum Gasteiger partial charge on any atom is -0.268 e. The Morgan fingerprint density at radius 1 is 1.12 bits per heavy atom. The molecule has 0 aliphatic rings. The monoisotopic (exact) mass is 502 g/mol. The Morgan fingerprint density at radius 3 is 2.45 bits per heavy atom. The maximum absolute atomic E-state index is 14.8. The van der Waals surface area contributed by atoms with Crippen LogP contribution in [0.1, 0.15) is 15.9 Å². The second-order valence-corrected chi connectivity index (χ2v) is 9.69. The van der Waals surface area contributed by atoms with Crippen LogP contribution in [-0.2, 0) is 10.0 Å². The van der Waals surface area contributed by atoms with Crippen molar-refractivity contribution >= 4 is 50.0 Å². The van der Waals surface area contributed by atoms with E-state index in [4.69, 9.17) is 28.5 Å². The molecule has 0 radical (unpaired) electrons. The summed E-state index contributed by atoms with van der Waals surface area (Å²) < 4.78 is 40.6. The number of fused-ring (bicyclic) bond motifs is 1. The van der Waals surface area contributed by atoms with E-state index >= 15 is 0 Å². The Balaban J connectivity index is 1.89. The number of amides is 1. The fraction of sp³-hybridized carbons (Fsp3) is 0.0455. The molecule has 0 aliphatic carbocycles. The lowest BCUT2D eigenvalue weighted by Gasteiger charge is -2.10. The highest BCUT2D eigenvalue weighted by atomic mass is 35.5. The third-order valence-electron chi connectivity index (χ3n) is 4.72. The number of benzene rings is 3. The summed E-state index contributed by atoms with van der Waals surface area (Å²) in [4.78, 5) is 12.1. The fourth-order valence-electron chi connectivity index (χ4n) is 3.29. The normalized spacial score (nSPS) is 11.4. The van der Waals surface area contributed by atoms with E-state index in [1.807, 2.05) is 6.07 Å². The number of halogens is 3. The van der Waals surface area contributed by atoms with E-state index in [2.05, 4.69) is 5.10 Å². The Bertz CT molecular complexity index is 1580. The van der Waals surface area contributed by atoms with Crippen molar-refractivity contribution in [2.45, 2.75) is 0 Å². The molecule has 0 saturated heterocycles. The van der Waals surface area contributed by atoms with Gasteiger partial charge in [0, 0.05) is 22.0 Å². The summed E-state index contributed by atoms with van der Waals surface area (Å²) in [5, 5.41) is 14.7. The van der Waals surface area contributed by atoms with Gasteiger partial charge in [0.1, 0.15) is 11.5 Å². The lowest BCUT2D eigenvalue weighted by Crippen LogP contribution is -2.30. The highest BCUT2D eigenvalue weighted by molar-refractivity contribution is 7.89. The quantitative estimate of drug-likeness (QED) is 0.435. The third-order valence-corrected chi connectivity index (χ3v) is 5.81. The average molecular weight is 503 g/mol. The van der Waals surface area contributed by atoms with Gasteiger partial charge in [0.15, 0.2) is 0 Å². The van der Waals surface area contributed by atoms with E-state index in [-0.39, 0.29) is 10.7 Å². The summed E-state index contributed by atoms with van der Waals surface area (Å²) in [6, 6.07) is 15.9. The molecule has 11 heteroatoms. The van der Waals surface area contributed by atoms with Gasteiger partial charge in [0.25, 0.3) is 5.91 Å². The summed E-state index contributed by atoms with van der Waals surface area (Å²) in [7, 11) is -3.89. The maximum Gasteiger partial charge on any atom is 0.267 e. The van der Waals surface area contributed by atoms with E-state index in [9.17, 15) is 17.6 Å². The van der Waals surface area contributed by atoms with Crippen molar-refractivity contribution in [1.82, 2.24) is 14.5 Å². The van der Waals surface area contributed by atoms with Gasteiger partial charge >= 0.3 is 0 Å². The molecule has 33 heavy (non-hydrogen) atoms. The minimum absolute atomic E-state index is 0.0271. The first-order chi connectivity index (χ1) is 15.6. The largest absolute Gasteiger partial charge is 0.268 e. The van der Waals surface area contributed by atoms with Gasteiger partial charge < -0.3 is 0 Å². The first-order valence-corrected chi connectivity index (χ1v) is 11.9. The summed E-state index contributed by atoms with van der Waals surface area (Å²) in [6.45, 7) is 0. The Labute approximate surface area is 198 Å². The average Bonchev–Trinajstić information content (AvgIpc) is 3.12. The topological polar surface area (TPSA) is 105 Å². The zero-order valence-electron chi connectivity index (χ0n) is 16.8. The fourth-order valence-corrected chi connectivity index (χ4v) is 4.15. The van der Waals surface area contributed by atoms with Gasteiger partial charge in [0.2, 0.25) is 10.0 Å². The summed E-state index contributed by atoms with van der Waals surface area (Å²) in [5.41, 5.74) is 1.87. The van der Waals surface area contributed by atoms with Crippen molar-refractivity contribution in [2.75, 3.05) is 6.26 Å². The Kier molecular flexibility index (Phi) is 5.84. The van der Waals surface area contributed by atoms with Gasteiger partial charge in [-0.1, -0.05) is 35.3 Å². The number of sulfonamides is 1. The molecule has 0 atom stereocenters. The van der Waals surface area contributed by atoms with Gasteiger partial charge in [-0.25, -0.2) is 22.2 Å². The number of hydrogen-bond acceptors (Lipinski definition) is 5. The molecule has 1 aromatic heterocycles. The van der Waals surface area contributed by atoms with Gasteiger partial charge in [0.05, 0.1) is 39.7 Å². The van der Waals surface area contributed by atoms with Crippen molar-refractivity contribution in [1.29, 1.82) is 5.26 Å². The lowest BCUT2D eigenvalue weighted by atomic mass is 10.1. The van der Waals surface area contributed by atoms with Crippen LogP contribution < -0.4 is 4.72 Å². The van der Waals surface area contributed by atoms with Crippen LogP contribution in [-0.4, -0.2) is 30.4 Å². The molecule has 0 fully saturated rings. The third kappa shape index (κ3) is 4.54. The van der Waals surface area contributed by atoms with Crippen molar-refractivity contribution in [2.24, 2.45) is 0 Å². The van der Waals surface area contributed by atoms with E-state index < -0.39 is 27.3 Å². The molecule has 0 aliphatic heterocycles. The molecular weight excluding hydrogens is 490 g/mol. The molecule has 1 heterocycles. The lowest BCUT2D eigenvalue weighted by molar-refractivity contribution is 0.0978. The molecule has 0 spiro atoms. The van der Waals surface area contributed by atoms with E-state index in [1.165, 1.54) is 4.68 Å². The molecule has 4 aromatic rings. The SMILES string of the molecule is CS(=O)(=O)NC(=O)c1cc(Cl)c(-n2nc(-c3ccc(C#N)cc3)c3cc(Cl)ccc32)cc1F. The molecule has 1 N–H and O–H groups in total. The van der Waals surface area contributed by atoms with Gasteiger partial charge in [-0.2, -0.15) is 10.4 Å². The van der Waals surface area contributed by atoms with Crippen LogP contribution in [0.5, 0.6) is 0 Å². The van der Waals surface area contributed by atoms with Crippen LogP contribution in [0.15, 0.2) is 54.6 Å². The molecule has 0 unspecified atom stereocenters. The summed E-state index contributed by atoms with van der Waals surface area (Å²) in [6.07, 6.45) is 0.782. The van der Waals surface area contributed by atoms with Gasteiger partial charge in [-0.15, -0.1) is 0 Å². The van der Waals surface area contributed by atoms with Crippen LogP contribution in [0, 0.1) is 17.1 Å². The standard InChI is InChI=1S/C22H13Cl2FN4O3S/c1-33(31,32)28-22(30)15-9-17(24)20(10-18(15)25)29-19-7-6-14(23)8-16(19)21(27-29)13-4-2-12(11-26)3-5-13/h2-10H,1H3,(H,28,30). The zero-order valence-corrected chi connectivity index (χ0v) is 19.1.